The third kappa shape index (κ3) is 3.88. The van der Waals surface area contributed by atoms with Crippen LogP contribution in [0.5, 0.6) is 0 Å². The quantitative estimate of drug-likeness (QED) is 0.606. The van der Waals surface area contributed by atoms with Crippen molar-refractivity contribution in [3.8, 4) is 0 Å². The van der Waals surface area contributed by atoms with Crippen molar-refractivity contribution in [2.75, 3.05) is 11.9 Å². The summed E-state index contributed by atoms with van der Waals surface area (Å²) in [6.07, 6.45) is 3.05. The maximum Gasteiger partial charge on any atom is 0.257 e. The first-order chi connectivity index (χ1) is 13.1. The number of ether oxygens (including phenoxy) is 1. The summed E-state index contributed by atoms with van der Waals surface area (Å²) < 4.78 is 7.16. The van der Waals surface area contributed by atoms with Gasteiger partial charge < -0.3 is 14.4 Å². The molecule has 3 rings (SSSR count). The van der Waals surface area contributed by atoms with Gasteiger partial charge in [-0.25, -0.2) is 4.98 Å². The lowest BCUT2D eigenvalue weighted by atomic mass is 10.2. The summed E-state index contributed by atoms with van der Waals surface area (Å²) >= 11 is 1.20. The van der Waals surface area contributed by atoms with Crippen LogP contribution in [0.25, 0.3) is 16.8 Å². The highest BCUT2D eigenvalue weighted by Crippen LogP contribution is 2.24. The van der Waals surface area contributed by atoms with E-state index in [1.807, 2.05) is 24.5 Å². The van der Waals surface area contributed by atoms with Gasteiger partial charge in [0.1, 0.15) is 5.82 Å². The van der Waals surface area contributed by atoms with Gasteiger partial charge in [0.15, 0.2) is 10.8 Å². The Morgan fingerprint density at radius 1 is 1.44 bits per heavy atom. The second kappa shape index (κ2) is 8.11. The standard InChI is InChI=1S/C18H19N5O3S/c1-4-15(26-5-2)17-21-22-18(27-17)20-16(25)12-6-7-14-13(10-12)19-11(3)23(14)8-9-24/h4-7,10,24H,2,8-9H2,1,3H3,(H,20,22,25)/b15-4-. The van der Waals surface area contributed by atoms with Gasteiger partial charge in [-0.1, -0.05) is 17.9 Å². The molecule has 0 fully saturated rings. The monoisotopic (exact) mass is 385 g/mol. The van der Waals surface area contributed by atoms with Crippen LogP contribution in [0.15, 0.2) is 37.1 Å². The largest absolute Gasteiger partial charge is 0.463 e. The van der Waals surface area contributed by atoms with Gasteiger partial charge in [-0.2, -0.15) is 0 Å². The molecule has 0 radical (unpaired) electrons. The Balaban J connectivity index is 1.80. The molecular weight excluding hydrogens is 366 g/mol. The smallest absolute Gasteiger partial charge is 0.257 e. The molecule has 2 N–H and O–H groups in total. The number of benzene rings is 1. The van der Waals surface area contributed by atoms with Crippen LogP contribution in [0.2, 0.25) is 0 Å². The van der Waals surface area contributed by atoms with Crippen LogP contribution in [-0.2, 0) is 11.3 Å². The molecule has 8 nitrogen and oxygen atoms in total. The number of aromatic nitrogens is 4. The maximum absolute atomic E-state index is 12.5. The predicted octanol–water partition coefficient (Wildman–Crippen LogP) is 2.96. The van der Waals surface area contributed by atoms with Crippen molar-refractivity contribution in [1.29, 1.82) is 0 Å². The number of aliphatic hydroxyl groups excluding tert-OH is 1. The molecule has 0 bridgehead atoms. The number of carbonyl (C=O) groups is 1. The number of anilines is 1. The van der Waals surface area contributed by atoms with Crippen molar-refractivity contribution in [3.05, 3.63) is 53.5 Å². The second-order valence-electron chi connectivity index (χ2n) is 5.54. The van der Waals surface area contributed by atoms with Crippen LogP contribution in [0, 0.1) is 6.92 Å². The lowest BCUT2D eigenvalue weighted by Crippen LogP contribution is -2.11. The number of carbonyl (C=O) groups excluding carboxylic acids is 1. The molecule has 0 unspecified atom stereocenters. The van der Waals surface area contributed by atoms with Gasteiger partial charge in [-0.3, -0.25) is 10.1 Å². The molecule has 9 heteroatoms. The highest BCUT2D eigenvalue weighted by molar-refractivity contribution is 7.16. The van der Waals surface area contributed by atoms with E-state index in [2.05, 4.69) is 27.1 Å². The number of allylic oxidation sites excluding steroid dienone is 1. The third-order valence-electron chi connectivity index (χ3n) is 3.85. The SMILES string of the molecule is C=CO/C(=C\C)c1nnc(NC(=O)c2ccc3c(c2)nc(C)n3CCO)s1. The average molecular weight is 385 g/mol. The van der Waals surface area contributed by atoms with E-state index < -0.39 is 0 Å². The number of rotatable bonds is 7. The van der Waals surface area contributed by atoms with Crippen molar-refractivity contribution in [2.45, 2.75) is 20.4 Å². The Labute approximate surface area is 159 Å². The Bertz CT molecular complexity index is 1020. The van der Waals surface area contributed by atoms with Gasteiger partial charge in [-0.05, 0) is 38.1 Å². The van der Waals surface area contributed by atoms with Crippen molar-refractivity contribution < 1.29 is 14.6 Å². The highest BCUT2D eigenvalue weighted by atomic mass is 32.1. The topological polar surface area (TPSA) is 102 Å². The molecule has 0 aliphatic carbocycles. The molecule has 0 saturated carbocycles. The van der Waals surface area contributed by atoms with E-state index in [1.54, 1.807) is 18.2 Å². The first-order valence-electron chi connectivity index (χ1n) is 8.24. The molecule has 2 heterocycles. The van der Waals surface area contributed by atoms with E-state index in [-0.39, 0.29) is 12.5 Å². The number of aryl methyl sites for hydroxylation is 1. The molecular formula is C18H19N5O3S. The number of aliphatic hydroxyl groups is 1. The highest BCUT2D eigenvalue weighted by Gasteiger charge is 2.15. The fourth-order valence-corrected chi connectivity index (χ4v) is 3.40. The molecule has 140 valence electrons. The Morgan fingerprint density at radius 2 is 2.26 bits per heavy atom. The molecule has 0 aliphatic rings. The zero-order valence-corrected chi connectivity index (χ0v) is 15.8. The number of nitrogens with one attached hydrogen (secondary N) is 1. The number of hydrogen-bond acceptors (Lipinski definition) is 7. The third-order valence-corrected chi connectivity index (χ3v) is 4.71. The predicted molar refractivity (Wildman–Crippen MR) is 104 cm³/mol. The Kier molecular flexibility index (Phi) is 5.63. The van der Waals surface area contributed by atoms with Gasteiger partial charge in [0, 0.05) is 12.1 Å². The summed E-state index contributed by atoms with van der Waals surface area (Å²) in [6, 6.07) is 5.25. The molecule has 1 amide bonds. The first kappa shape index (κ1) is 18.7. The van der Waals surface area contributed by atoms with Crippen LogP contribution < -0.4 is 5.32 Å². The molecule has 2 aromatic heterocycles. The van der Waals surface area contributed by atoms with Crippen LogP contribution in [0.3, 0.4) is 0 Å². The van der Waals surface area contributed by atoms with E-state index in [4.69, 9.17) is 4.74 Å². The van der Waals surface area contributed by atoms with Gasteiger partial charge in [0.2, 0.25) is 5.13 Å². The number of imidazole rings is 1. The summed E-state index contributed by atoms with van der Waals surface area (Å²) in [4.78, 5) is 17.0. The van der Waals surface area contributed by atoms with Gasteiger partial charge >= 0.3 is 0 Å². The molecule has 3 aromatic rings. The zero-order valence-electron chi connectivity index (χ0n) is 15.0. The molecule has 1 aromatic carbocycles. The summed E-state index contributed by atoms with van der Waals surface area (Å²) in [7, 11) is 0. The van der Waals surface area contributed by atoms with Crippen LogP contribution in [0.1, 0.15) is 28.1 Å². The fourth-order valence-electron chi connectivity index (χ4n) is 2.65. The fraction of sp³-hybridized carbons (Fsp3) is 0.222. The zero-order chi connectivity index (χ0) is 19.4. The van der Waals surface area contributed by atoms with E-state index in [9.17, 15) is 9.90 Å². The molecule has 27 heavy (non-hydrogen) atoms. The molecule has 0 saturated heterocycles. The van der Waals surface area contributed by atoms with Crippen LogP contribution >= 0.6 is 11.3 Å². The minimum atomic E-state index is -0.305. The van der Waals surface area contributed by atoms with Crippen molar-refractivity contribution in [3.63, 3.8) is 0 Å². The van der Waals surface area contributed by atoms with Crippen molar-refractivity contribution in [1.82, 2.24) is 19.7 Å². The van der Waals surface area contributed by atoms with Gasteiger partial charge in [0.05, 0.1) is 23.9 Å². The van der Waals surface area contributed by atoms with E-state index in [0.29, 0.717) is 33.5 Å². The minimum absolute atomic E-state index is 0.0255. The summed E-state index contributed by atoms with van der Waals surface area (Å²) in [6.45, 7) is 7.68. The summed E-state index contributed by atoms with van der Waals surface area (Å²) in [5, 5.41) is 20.8. The minimum Gasteiger partial charge on any atom is -0.463 e. The summed E-state index contributed by atoms with van der Waals surface area (Å²) in [5.74, 6) is 1.00. The van der Waals surface area contributed by atoms with Crippen LogP contribution in [-0.4, -0.2) is 37.4 Å². The average Bonchev–Trinajstić information content (AvgIpc) is 3.24. The number of fused-ring (bicyclic) bond motifs is 1. The molecule has 0 spiro atoms. The Morgan fingerprint density at radius 3 is 2.96 bits per heavy atom. The van der Waals surface area contributed by atoms with Crippen LogP contribution in [0.4, 0.5) is 5.13 Å². The van der Waals surface area contributed by atoms with E-state index in [0.717, 1.165) is 11.3 Å². The second-order valence-corrected chi connectivity index (χ2v) is 6.52. The first-order valence-corrected chi connectivity index (χ1v) is 9.06. The number of hydrogen-bond donors (Lipinski definition) is 2. The van der Waals surface area contributed by atoms with E-state index in [1.165, 1.54) is 17.6 Å². The number of amides is 1. The van der Waals surface area contributed by atoms with Crippen molar-refractivity contribution >= 4 is 39.2 Å². The van der Waals surface area contributed by atoms with Gasteiger partial charge in [-0.15, -0.1) is 10.2 Å². The maximum atomic E-state index is 12.5. The molecule has 0 atom stereocenters. The lowest BCUT2D eigenvalue weighted by Gasteiger charge is -2.04. The normalized spacial score (nSPS) is 11.6. The summed E-state index contributed by atoms with van der Waals surface area (Å²) in [5.41, 5.74) is 2.03. The Hall–Kier alpha value is -3.04. The van der Waals surface area contributed by atoms with Crippen molar-refractivity contribution in [2.24, 2.45) is 0 Å². The number of nitrogens with zero attached hydrogens (tertiary/aromatic N) is 4. The van der Waals surface area contributed by atoms with Gasteiger partial charge in [0.25, 0.3) is 5.91 Å². The lowest BCUT2D eigenvalue weighted by molar-refractivity contribution is 0.102. The van der Waals surface area contributed by atoms with E-state index >= 15 is 0 Å². The molecule has 0 aliphatic heterocycles.